The fourth-order valence-corrected chi connectivity index (χ4v) is 2.85. The molecule has 0 aliphatic carbocycles. The minimum atomic E-state index is -0.480. The highest BCUT2D eigenvalue weighted by molar-refractivity contribution is 6.32. The summed E-state index contributed by atoms with van der Waals surface area (Å²) < 4.78 is 0. The Morgan fingerprint density at radius 3 is 2.75 bits per heavy atom. The molecule has 0 saturated heterocycles. The zero-order chi connectivity index (χ0) is 20.1. The van der Waals surface area contributed by atoms with Crippen molar-refractivity contribution in [3.8, 4) is 0 Å². The van der Waals surface area contributed by atoms with E-state index in [1.807, 2.05) is 31.2 Å². The molecule has 142 valence electrons. The van der Waals surface area contributed by atoms with Gasteiger partial charge in [-0.15, -0.1) is 0 Å². The lowest BCUT2D eigenvalue weighted by Gasteiger charge is -2.05. The molecule has 0 fully saturated rings. The van der Waals surface area contributed by atoms with E-state index in [1.165, 1.54) is 12.3 Å². The molecule has 0 spiro atoms. The Bertz CT molecular complexity index is 1080. The number of aryl methyl sites for hydroxylation is 1. The van der Waals surface area contributed by atoms with E-state index in [0.717, 1.165) is 16.5 Å². The highest BCUT2D eigenvalue weighted by atomic mass is 35.5. The van der Waals surface area contributed by atoms with Crippen LogP contribution in [0.4, 0.5) is 0 Å². The third-order valence-corrected chi connectivity index (χ3v) is 4.38. The second-order valence-electron chi connectivity index (χ2n) is 6.05. The Morgan fingerprint density at radius 1 is 1.14 bits per heavy atom. The molecule has 0 radical (unpaired) electrons. The van der Waals surface area contributed by atoms with Crippen LogP contribution < -0.4 is 10.7 Å². The normalized spacial score (nSPS) is 11.0. The third-order valence-electron chi connectivity index (χ3n) is 3.84. The van der Waals surface area contributed by atoms with Gasteiger partial charge in [0.05, 0.1) is 18.3 Å². The topological polar surface area (TPSA) is 83.5 Å². The average Bonchev–Trinajstić information content (AvgIpc) is 2.66. The number of amides is 2. The van der Waals surface area contributed by atoms with Crippen molar-refractivity contribution < 1.29 is 9.59 Å². The van der Waals surface area contributed by atoms with Crippen LogP contribution in [0.3, 0.4) is 0 Å². The van der Waals surface area contributed by atoms with Gasteiger partial charge in [0.25, 0.3) is 11.8 Å². The molecule has 0 aliphatic rings. The first kappa shape index (κ1) is 19.8. The van der Waals surface area contributed by atoms with Gasteiger partial charge in [0.2, 0.25) is 0 Å². The Morgan fingerprint density at radius 2 is 1.96 bits per heavy atom. The lowest BCUT2D eigenvalue weighted by atomic mass is 10.1. The number of benzene rings is 2. The van der Waals surface area contributed by atoms with E-state index in [1.54, 1.807) is 18.2 Å². The Hall–Kier alpha value is -2.96. The number of rotatable bonds is 5. The van der Waals surface area contributed by atoms with Crippen molar-refractivity contribution >= 4 is 52.1 Å². The van der Waals surface area contributed by atoms with E-state index < -0.39 is 11.8 Å². The second kappa shape index (κ2) is 8.82. The molecule has 0 bridgehead atoms. The van der Waals surface area contributed by atoms with Crippen LogP contribution in [0.5, 0.6) is 0 Å². The molecule has 2 amide bonds. The van der Waals surface area contributed by atoms with Crippen molar-refractivity contribution in [3.05, 3.63) is 75.4 Å². The zero-order valence-corrected chi connectivity index (χ0v) is 16.4. The van der Waals surface area contributed by atoms with Crippen LogP contribution in [-0.2, 0) is 4.79 Å². The number of pyridine rings is 1. The molecule has 3 rings (SSSR count). The molecule has 1 heterocycles. The fourth-order valence-electron chi connectivity index (χ4n) is 2.47. The number of hydrogen-bond acceptors (Lipinski definition) is 4. The van der Waals surface area contributed by atoms with Gasteiger partial charge < -0.3 is 5.32 Å². The number of hydrogen-bond donors (Lipinski definition) is 2. The largest absolute Gasteiger partial charge is 0.343 e. The van der Waals surface area contributed by atoms with Crippen molar-refractivity contribution in [3.63, 3.8) is 0 Å². The summed E-state index contributed by atoms with van der Waals surface area (Å²) in [6.45, 7) is 1.75. The summed E-state index contributed by atoms with van der Waals surface area (Å²) >= 11 is 12.0. The van der Waals surface area contributed by atoms with Gasteiger partial charge in [-0.05, 0) is 42.8 Å². The first-order valence-corrected chi connectivity index (χ1v) is 9.10. The minimum Gasteiger partial charge on any atom is -0.343 e. The van der Waals surface area contributed by atoms with Crippen LogP contribution in [-0.4, -0.2) is 29.6 Å². The van der Waals surface area contributed by atoms with Crippen LogP contribution in [0, 0.1) is 6.92 Å². The van der Waals surface area contributed by atoms with Crippen molar-refractivity contribution in [1.82, 2.24) is 15.7 Å². The lowest BCUT2D eigenvalue weighted by molar-refractivity contribution is -0.120. The van der Waals surface area contributed by atoms with Crippen LogP contribution in [0.1, 0.15) is 21.5 Å². The average molecular weight is 415 g/mol. The standard InChI is InChI=1S/C20H16Cl2N4O2/c1-12-5-6-13-8-15(19(22)25-17(13)7-12)10-24-26-18(27)11-23-20(28)14-3-2-4-16(21)9-14/h2-10H,11H2,1H3,(H,23,28)(H,26,27)/b24-10+. The molecule has 28 heavy (non-hydrogen) atoms. The van der Waals surface area contributed by atoms with Gasteiger partial charge in [-0.2, -0.15) is 5.10 Å². The molecular formula is C20H16Cl2N4O2. The summed E-state index contributed by atoms with van der Waals surface area (Å²) in [5.74, 6) is -0.883. The number of halogens is 2. The Balaban J connectivity index is 1.57. The van der Waals surface area contributed by atoms with E-state index in [4.69, 9.17) is 23.2 Å². The van der Waals surface area contributed by atoms with Crippen LogP contribution >= 0.6 is 23.2 Å². The summed E-state index contributed by atoms with van der Waals surface area (Å²) in [6.07, 6.45) is 1.41. The fraction of sp³-hybridized carbons (Fsp3) is 0.100. The minimum absolute atomic E-state index is 0.230. The molecule has 2 N–H and O–H groups in total. The number of aromatic nitrogens is 1. The van der Waals surface area contributed by atoms with Crippen LogP contribution in [0.2, 0.25) is 10.2 Å². The second-order valence-corrected chi connectivity index (χ2v) is 6.85. The van der Waals surface area contributed by atoms with Gasteiger partial charge in [0.1, 0.15) is 5.15 Å². The molecule has 1 aromatic heterocycles. The van der Waals surface area contributed by atoms with Gasteiger partial charge in [-0.1, -0.05) is 41.4 Å². The zero-order valence-electron chi connectivity index (χ0n) is 14.9. The smallest absolute Gasteiger partial charge is 0.259 e. The third kappa shape index (κ3) is 5.06. The molecule has 0 atom stereocenters. The Labute approximate surface area is 171 Å². The van der Waals surface area contributed by atoms with Gasteiger partial charge in [0, 0.05) is 21.5 Å². The van der Waals surface area contributed by atoms with Crippen LogP contribution in [0.25, 0.3) is 10.9 Å². The van der Waals surface area contributed by atoms with Gasteiger partial charge in [-0.25, -0.2) is 10.4 Å². The van der Waals surface area contributed by atoms with Gasteiger partial charge in [0.15, 0.2) is 0 Å². The predicted molar refractivity (Wildman–Crippen MR) is 111 cm³/mol. The van der Waals surface area contributed by atoms with Crippen molar-refractivity contribution in [1.29, 1.82) is 0 Å². The first-order chi connectivity index (χ1) is 13.4. The van der Waals surface area contributed by atoms with Crippen molar-refractivity contribution in [2.45, 2.75) is 6.92 Å². The first-order valence-electron chi connectivity index (χ1n) is 8.35. The van der Waals surface area contributed by atoms with E-state index in [2.05, 4.69) is 20.8 Å². The number of fused-ring (bicyclic) bond motifs is 1. The van der Waals surface area contributed by atoms with E-state index in [9.17, 15) is 9.59 Å². The highest BCUT2D eigenvalue weighted by Gasteiger charge is 2.08. The highest BCUT2D eigenvalue weighted by Crippen LogP contribution is 2.20. The lowest BCUT2D eigenvalue weighted by Crippen LogP contribution is -2.34. The van der Waals surface area contributed by atoms with Crippen LogP contribution in [0.15, 0.2) is 53.6 Å². The summed E-state index contributed by atoms with van der Waals surface area (Å²) in [5.41, 5.74) is 5.15. The molecule has 2 aromatic carbocycles. The van der Waals surface area contributed by atoms with E-state index >= 15 is 0 Å². The molecular weight excluding hydrogens is 399 g/mol. The molecule has 0 aliphatic heterocycles. The van der Waals surface area contributed by atoms with E-state index in [-0.39, 0.29) is 11.7 Å². The molecule has 6 nitrogen and oxygen atoms in total. The SMILES string of the molecule is Cc1ccc2cc(/C=N/NC(=O)CNC(=O)c3cccc(Cl)c3)c(Cl)nc2c1. The maximum absolute atomic E-state index is 12.0. The predicted octanol–water partition coefficient (Wildman–Crippen LogP) is 3.73. The summed E-state index contributed by atoms with van der Waals surface area (Å²) in [5, 5.41) is 8.00. The molecule has 0 unspecified atom stereocenters. The molecule has 3 aromatic rings. The van der Waals surface area contributed by atoms with Crippen molar-refractivity contribution in [2.24, 2.45) is 5.10 Å². The monoisotopic (exact) mass is 414 g/mol. The van der Waals surface area contributed by atoms with Crippen molar-refractivity contribution in [2.75, 3.05) is 6.54 Å². The summed E-state index contributed by atoms with van der Waals surface area (Å²) in [6, 6.07) is 14.1. The quantitative estimate of drug-likeness (QED) is 0.379. The maximum atomic E-state index is 12.0. The van der Waals surface area contributed by atoms with Gasteiger partial charge >= 0.3 is 0 Å². The van der Waals surface area contributed by atoms with E-state index in [0.29, 0.717) is 16.1 Å². The Kier molecular flexibility index (Phi) is 6.23. The van der Waals surface area contributed by atoms with Gasteiger partial charge in [-0.3, -0.25) is 9.59 Å². The summed E-state index contributed by atoms with van der Waals surface area (Å²) in [7, 11) is 0. The number of carbonyl (C=O) groups excluding carboxylic acids is 2. The molecule has 0 saturated carbocycles. The number of hydrazone groups is 1. The summed E-state index contributed by atoms with van der Waals surface area (Å²) in [4.78, 5) is 28.2. The maximum Gasteiger partial charge on any atom is 0.259 e. The number of nitrogens with zero attached hydrogens (tertiary/aromatic N) is 2. The number of nitrogens with one attached hydrogen (secondary N) is 2. The molecule has 8 heteroatoms. The number of carbonyl (C=O) groups is 2.